The van der Waals surface area contributed by atoms with E-state index in [9.17, 15) is 0 Å². The molecule has 1 aliphatic carbocycles. The third-order valence-corrected chi connectivity index (χ3v) is 5.82. The van der Waals surface area contributed by atoms with E-state index in [0.29, 0.717) is 5.41 Å². The molecule has 0 spiro atoms. The fraction of sp³-hybridized carbons (Fsp3) is 1.00. The number of rotatable bonds is 8. The van der Waals surface area contributed by atoms with Crippen LogP contribution in [0.2, 0.25) is 0 Å². The summed E-state index contributed by atoms with van der Waals surface area (Å²) in [6.45, 7) is 14.4. The van der Waals surface area contributed by atoms with Crippen molar-refractivity contribution in [3.05, 3.63) is 0 Å². The molecule has 0 aliphatic heterocycles. The van der Waals surface area contributed by atoms with Crippen molar-refractivity contribution in [3.8, 4) is 0 Å². The molecule has 102 valence electrons. The third kappa shape index (κ3) is 3.26. The predicted octanol–water partition coefficient (Wildman–Crippen LogP) is 6.06. The van der Waals surface area contributed by atoms with Gasteiger partial charge >= 0.3 is 0 Å². The summed E-state index contributed by atoms with van der Waals surface area (Å²) >= 11 is 0. The van der Waals surface area contributed by atoms with Gasteiger partial charge in [-0.25, -0.2) is 0 Å². The molecule has 1 rings (SSSR count). The van der Waals surface area contributed by atoms with Crippen molar-refractivity contribution in [3.63, 3.8) is 0 Å². The Labute approximate surface area is 110 Å². The molecule has 0 radical (unpaired) electrons. The Balaban J connectivity index is 2.35. The highest BCUT2D eigenvalue weighted by Crippen LogP contribution is 2.70. The topological polar surface area (TPSA) is 0 Å². The highest BCUT2D eigenvalue weighted by Gasteiger charge is 2.60. The average molecular weight is 238 g/mol. The maximum atomic E-state index is 2.53. The first-order valence-electron chi connectivity index (χ1n) is 7.91. The Morgan fingerprint density at radius 3 is 2.18 bits per heavy atom. The van der Waals surface area contributed by atoms with E-state index < -0.39 is 0 Å². The Bertz CT molecular complexity index is 230. The van der Waals surface area contributed by atoms with E-state index in [4.69, 9.17) is 0 Å². The zero-order chi connectivity index (χ0) is 13.1. The molecule has 0 heteroatoms. The molecule has 17 heavy (non-hydrogen) atoms. The zero-order valence-corrected chi connectivity index (χ0v) is 13.1. The first kappa shape index (κ1) is 15.1. The van der Waals surface area contributed by atoms with Gasteiger partial charge in [-0.1, -0.05) is 60.8 Å². The molecule has 0 aromatic heterocycles. The van der Waals surface area contributed by atoms with E-state index in [1.54, 1.807) is 0 Å². The van der Waals surface area contributed by atoms with Crippen LogP contribution in [0.25, 0.3) is 0 Å². The van der Waals surface area contributed by atoms with E-state index in [1.807, 2.05) is 0 Å². The molecule has 0 aromatic carbocycles. The van der Waals surface area contributed by atoms with E-state index >= 15 is 0 Å². The van der Waals surface area contributed by atoms with Gasteiger partial charge in [-0.05, 0) is 48.3 Å². The zero-order valence-electron chi connectivity index (χ0n) is 13.1. The van der Waals surface area contributed by atoms with Crippen LogP contribution in [-0.4, -0.2) is 0 Å². The maximum Gasteiger partial charge on any atom is -0.0241 e. The summed E-state index contributed by atoms with van der Waals surface area (Å²) in [4.78, 5) is 0. The van der Waals surface area contributed by atoms with Gasteiger partial charge in [-0.2, -0.15) is 0 Å². The van der Waals surface area contributed by atoms with Gasteiger partial charge in [0.05, 0.1) is 0 Å². The van der Waals surface area contributed by atoms with Crippen molar-refractivity contribution < 1.29 is 0 Å². The van der Waals surface area contributed by atoms with Crippen molar-refractivity contribution >= 4 is 0 Å². The van der Waals surface area contributed by atoms with Gasteiger partial charge < -0.3 is 0 Å². The van der Waals surface area contributed by atoms with Gasteiger partial charge in [0.2, 0.25) is 0 Å². The van der Waals surface area contributed by atoms with Gasteiger partial charge in [0.25, 0.3) is 0 Å². The van der Waals surface area contributed by atoms with Gasteiger partial charge in [-0.3, -0.25) is 0 Å². The second kappa shape index (κ2) is 5.76. The van der Waals surface area contributed by atoms with Crippen LogP contribution in [0.15, 0.2) is 0 Å². The molecule has 1 fully saturated rings. The molecule has 0 N–H and O–H groups in total. The van der Waals surface area contributed by atoms with E-state index in [-0.39, 0.29) is 0 Å². The van der Waals surface area contributed by atoms with Crippen LogP contribution in [0, 0.1) is 22.7 Å². The highest BCUT2D eigenvalue weighted by atomic mass is 14.6. The van der Waals surface area contributed by atoms with E-state index in [1.165, 1.54) is 44.9 Å². The quantitative estimate of drug-likeness (QED) is 0.482. The lowest BCUT2D eigenvalue weighted by molar-refractivity contribution is 0.280. The van der Waals surface area contributed by atoms with Crippen LogP contribution in [0.4, 0.5) is 0 Å². The average Bonchev–Trinajstić information content (AvgIpc) is 2.84. The standard InChI is InChI=1S/C17H34/c1-7-11-16(6)13-17(16,8-2)12-9-10-15(5)14(3)4/h14-15H,7-13H2,1-6H3. The fourth-order valence-corrected chi connectivity index (χ4v) is 3.82. The molecular weight excluding hydrogens is 204 g/mol. The Morgan fingerprint density at radius 1 is 1.06 bits per heavy atom. The van der Waals surface area contributed by atoms with Crippen molar-refractivity contribution in [1.29, 1.82) is 0 Å². The van der Waals surface area contributed by atoms with Gasteiger partial charge in [0.1, 0.15) is 0 Å². The molecule has 0 nitrogen and oxygen atoms in total. The molecule has 0 aromatic rings. The fourth-order valence-electron chi connectivity index (χ4n) is 3.82. The third-order valence-electron chi connectivity index (χ3n) is 5.82. The summed E-state index contributed by atoms with van der Waals surface area (Å²) in [7, 11) is 0. The highest BCUT2D eigenvalue weighted by molar-refractivity contribution is 5.10. The minimum atomic E-state index is 0.692. The van der Waals surface area contributed by atoms with Crippen LogP contribution in [0.3, 0.4) is 0 Å². The maximum absolute atomic E-state index is 2.53. The Hall–Kier alpha value is 0. The normalized spacial score (nSPS) is 34.1. The second-order valence-electron chi connectivity index (χ2n) is 7.23. The molecule has 0 bridgehead atoms. The summed E-state index contributed by atoms with van der Waals surface area (Å²) in [6, 6.07) is 0. The molecule has 1 aliphatic rings. The minimum Gasteiger partial charge on any atom is -0.0654 e. The summed E-state index contributed by atoms with van der Waals surface area (Å²) in [5.74, 6) is 1.76. The smallest absolute Gasteiger partial charge is 0.0241 e. The van der Waals surface area contributed by atoms with Crippen molar-refractivity contribution in [2.75, 3.05) is 0 Å². The van der Waals surface area contributed by atoms with Crippen LogP contribution >= 0.6 is 0 Å². The summed E-state index contributed by atoms with van der Waals surface area (Å²) in [5.41, 5.74) is 1.41. The van der Waals surface area contributed by atoms with Crippen molar-refractivity contribution in [2.24, 2.45) is 22.7 Å². The summed E-state index contributed by atoms with van der Waals surface area (Å²) in [5, 5.41) is 0. The van der Waals surface area contributed by atoms with E-state index in [0.717, 1.165) is 17.3 Å². The predicted molar refractivity (Wildman–Crippen MR) is 78.2 cm³/mol. The van der Waals surface area contributed by atoms with Crippen LogP contribution in [-0.2, 0) is 0 Å². The monoisotopic (exact) mass is 238 g/mol. The first-order valence-corrected chi connectivity index (χ1v) is 7.91. The molecule has 0 saturated heterocycles. The van der Waals surface area contributed by atoms with Crippen LogP contribution in [0.1, 0.15) is 86.5 Å². The molecule has 3 atom stereocenters. The van der Waals surface area contributed by atoms with Gasteiger partial charge in [-0.15, -0.1) is 0 Å². The molecule has 1 saturated carbocycles. The first-order chi connectivity index (χ1) is 7.91. The second-order valence-corrected chi connectivity index (χ2v) is 7.23. The lowest BCUT2D eigenvalue weighted by Gasteiger charge is -2.23. The van der Waals surface area contributed by atoms with Crippen LogP contribution < -0.4 is 0 Å². The largest absolute Gasteiger partial charge is 0.0654 e. The molecular formula is C17H34. The summed E-state index contributed by atoms with van der Waals surface area (Å²) in [6.07, 6.45) is 10.1. The number of hydrogen-bond donors (Lipinski definition) is 0. The van der Waals surface area contributed by atoms with Gasteiger partial charge in [0, 0.05) is 0 Å². The lowest BCUT2D eigenvalue weighted by atomic mass is 9.82. The molecule has 3 unspecified atom stereocenters. The summed E-state index contributed by atoms with van der Waals surface area (Å²) < 4.78 is 0. The van der Waals surface area contributed by atoms with Crippen LogP contribution in [0.5, 0.6) is 0 Å². The Kier molecular flexibility index (Phi) is 5.10. The Morgan fingerprint density at radius 2 is 1.71 bits per heavy atom. The molecule has 0 amide bonds. The van der Waals surface area contributed by atoms with Crippen molar-refractivity contribution in [1.82, 2.24) is 0 Å². The number of hydrogen-bond acceptors (Lipinski definition) is 0. The lowest BCUT2D eigenvalue weighted by Crippen LogP contribution is -2.12. The minimum absolute atomic E-state index is 0.692. The SMILES string of the molecule is CCCC1(C)CC1(CC)CCCC(C)C(C)C. The van der Waals surface area contributed by atoms with Crippen molar-refractivity contribution in [2.45, 2.75) is 86.5 Å². The van der Waals surface area contributed by atoms with E-state index in [2.05, 4.69) is 41.5 Å². The molecule has 0 heterocycles. The van der Waals surface area contributed by atoms with Gasteiger partial charge in [0.15, 0.2) is 0 Å².